The van der Waals surface area contributed by atoms with Gasteiger partial charge in [0.25, 0.3) is 5.69 Å². The zero-order chi connectivity index (χ0) is 15.4. The van der Waals surface area contributed by atoms with Gasteiger partial charge in [0.1, 0.15) is 0 Å². The number of carbonyl (C=O) groups is 1. The van der Waals surface area contributed by atoms with Gasteiger partial charge in [0.2, 0.25) is 5.91 Å². The van der Waals surface area contributed by atoms with E-state index in [1.165, 1.54) is 12.1 Å². The summed E-state index contributed by atoms with van der Waals surface area (Å²) >= 11 is 0. The molecule has 21 heavy (non-hydrogen) atoms. The number of amides is 1. The maximum atomic E-state index is 12.2. The molecule has 2 rings (SSSR count). The molecule has 6 nitrogen and oxygen atoms in total. The summed E-state index contributed by atoms with van der Waals surface area (Å²) in [6.07, 6.45) is 2.19. The van der Waals surface area contributed by atoms with Crippen LogP contribution in [0.3, 0.4) is 0 Å². The topological polar surface area (TPSA) is 89.5 Å². The van der Waals surface area contributed by atoms with Crippen molar-refractivity contribution >= 4 is 11.6 Å². The molecule has 1 aliphatic heterocycles. The lowest BCUT2D eigenvalue weighted by molar-refractivity contribution is -0.384. The summed E-state index contributed by atoms with van der Waals surface area (Å²) in [6, 6.07) is 6.34. The number of hydrogen-bond donors (Lipinski definition) is 1. The van der Waals surface area contributed by atoms with Crippen LogP contribution in [0.15, 0.2) is 24.3 Å². The molecule has 1 atom stereocenters. The number of benzene rings is 1. The lowest BCUT2D eigenvalue weighted by Gasteiger charge is -2.33. The Morgan fingerprint density at radius 3 is 2.43 bits per heavy atom. The largest absolute Gasteiger partial charge is 0.342 e. The molecule has 1 fully saturated rings. The van der Waals surface area contributed by atoms with E-state index in [0.29, 0.717) is 12.3 Å². The minimum absolute atomic E-state index is 0.0453. The van der Waals surface area contributed by atoms with Crippen molar-refractivity contribution in [2.45, 2.75) is 32.2 Å². The Bertz CT molecular complexity index is 505. The molecular weight excluding hydrogens is 270 g/mol. The first kappa shape index (κ1) is 15.4. The van der Waals surface area contributed by atoms with E-state index in [-0.39, 0.29) is 17.6 Å². The van der Waals surface area contributed by atoms with Gasteiger partial charge in [-0.25, -0.2) is 0 Å². The van der Waals surface area contributed by atoms with Gasteiger partial charge in [-0.15, -0.1) is 0 Å². The average molecular weight is 291 g/mol. The predicted octanol–water partition coefficient (Wildman–Crippen LogP) is 1.72. The minimum Gasteiger partial charge on any atom is -0.342 e. The fourth-order valence-corrected chi connectivity index (χ4v) is 2.70. The molecule has 1 aliphatic rings. The van der Waals surface area contributed by atoms with Gasteiger partial charge in [-0.2, -0.15) is 0 Å². The zero-order valence-corrected chi connectivity index (χ0v) is 12.2. The van der Waals surface area contributed by atoms with Crippen LogP contribution in [0.1, 0.15) is 25.3 Å². The Kier molecular flexibility index (Phi) is 4.90. The van der Waals surface area contributed by atoms with Crippen LogP contribution >= 0.6 is 0 Å². The summed E-state index contributed by atoms with van der Waals surface area (Å²) in [5.41, 5.74) is 6.74. The summed E-state index contributed by atoms with van der Waals surface area (Å²) in [5.74, 6) is 0.570. The first-order chi connectivity index (χ1) is 9.97. The number of nitrogens with zero attached hydrogens (tertiary/aromatic N) is 2. The van der Waals surface area contributed by atoms with E-state index in [0.717, 1.165) is 31.5 Å². The molecule has 0 radical (unpaired) electrons. The quantitative estimate of drug-likeness (QED) is 0.675. The van der Waals surface area contributed by atoms with Crippen LogP contribution in [-0.2, 0) is 11.2 Å². The molecule has 0 saturated carbocycles. The Hall–Kier alpha value is -1.95. The van der Waals surface area contributed by atoms with E-state index in [9.17, 15) is 14.9 Å². The molecule has 0 spiro atoms. The molecule has 1 unspecified atom stereocenters. The van der Waals surface area contributed by atoms with Crippen LogP contribution in [0.5, 0.6) is 0 Å². The third-order valence-electron chi connectivity index (χ3n) is 4.14. The number of nitro benzene ring substituents is 1. The van der Waals surface area contributed by atoms with Crippen molar-refractivity contribution in [3.8, 4) is 0 Å². The van der Waals surface area contributed by atoms with E-state index in [2.05, 4.69) is 0 Å². The third kappa shape index (κ3) is 4.01. The van der Waals surface area contributed by atoms with Crippen LogP contribution in [0.2, 0.25) is 0 Å². The molecule has 1 heterocycles. The van der Waals surface area contributed by atoms with Crippen LogP contribution < -0.4 is 5.73 Å². The average Bonchev–Trinajstić information content (AvgIpc) is 2.47. The molecule has 1 aromatic carbocycles. The van der Waals surface area contributed by atoms with Crippen LogP contribution in [0, 0.1) is 16.0 Å². The number of hydrogen-bond acceptors (Lipinski definition) is 4. The number of nitro groups is 1. The van der Waals surface area contributed by atoms with Gasteiger partial charge in [-0.3, -0.25) is 14.9 Å². The summed E-state index contributed by atoms with van der Waals surface area (Å²) in [4.78, 5) is 24.2. The molecule has 1 saturated heterocycles. The molecule has 1 aromatic rings. The Morgan fingerprint density at radius 2 is 1.95 bits per heavy atom. The summed E-state index contributed by atoms with van der Waals surface area (Å²) in [7, 11) is 0. The van der Waals surface area contributed by atoms with Crippen molar-refractivity contribution in [1.29, 1.82) is 0 Å². The van der Waals surface area contributed by atoms with Crippen molar-refractivity contribution in [3.63, 3.8) is 0 Å². The molecule has 0 aromatic heterocycles. The summed E-state index contributed by atoms with van der Waals surface area (Å²) in [6.45, 7) is 3.51. The molecule has 2 N–H and O–H groups in total. The van der Waals surface area contributed by atoms with E-state index in [1.807, 2.05) is 11.8 Å². The van der Waals surface area contributed by atoms with E-state index >= 15 is 0 Å². The highest BCUT2D eigenvalue weighted by molar-refractivity contribution is 5.78. The van der Waals surface area contributed by atoms with E-state index in [4.69, 9.17) is 5.73 Å². The number of likely N-dealkylation sites (tertiary alicyclic amines) is 1. The SMILES string of the molecule is CC(N)C1CCN(C(=O)Cc2ccc([N+](=O)[O-])cc2)CC1. The van der Waals surface area contributed by atoms with Gasteiger partial charge in [-0.05, 0) is 31.2 Å². The van der Waals surface area contributed by atoms with Crippen molar-refractivity contribution in [2.75, 3.05) is 13.1 Å². The second-order valence-corrected chi connectivity index (χ2v) is 5.68. The molecule has 0 bridgehead atoms. The Labute approximate surface area is 124 Å². The second kappa shape index (κ2) is 6.67. The maximum absolute atomic E-state index is 12.2. The number of carbonyl (C=O) groups excluding carboxylic acids is 1. The smallest absolute Gasteiger partial charge is 0.269 e. The highest BCUT2D eigenvalue weighted by Crippen LogP contribution is 2.20. The molecule has 114 valence electrons. The summed E-state index contributed by atoms with van der Waals surface area (Å²) < 4.78 is 0. The molecule has 0 aliphatic carbocycles. The zero-order valence-electron chi connectivity index (χ0n) is 12.2. The van der Waals surface area contributed by atoms with Crippen molar-refractivity contribution in [1.82, 2.24) is 4.90 Å². The normalized spacial score (nSPS) is 17.5. The van der Waals surface area contributed by atoms with Crippen molar-refractivity contribution < 1.29 is 9.72 Å². The van der Waals surface area contributed by atoms with Gasteiger partial charge >= 0.3 is 0 Å². The van der Waals surface area contributed by atoms with Crippen LogP contribution in [-0.4, -0.2) is 34.9 Å². The monoisotopic (exact) mass is 291 g/mol. The minimum atomic E-state index is -0.440. The number of piperidine rings is 1. The predicted molar refractivity (Wildman–Crippen MR) is 79.8 cm³/mol. The van der Waals surface area contributed by atoms with E-state index in [1.54, 1.807) is 12.1 Å². The number of non-ortho nitro benzene ring substituents is 1. The van der Waals surface area contributed by atoms with Gasteiger partial charge in [0.05, 0.1) is 11.3 Å². The van der Waals surface area contributed by atoms with Crippen molar-refractivity contribution in [3.05, 3.63) is 39.9 Å². The van der Waals surface area contributed by atoms with Crippen LogP contribution in [0.4, 0.5) is 5.69 Å². The van der Waals surface area contributed by atoms with Gasteiger partial charge in [0.15, 0.2) is 0 Å². The highest BCUT2D eigenvalue weighted by Gasteiger charge is 2.24. The second-order valence-electron chi connectivity index (χ2n) is 5.68. The third-order valence-corrected chi connectivity index (χ3v) is 4.14. The first-order valence-corrected chi connectivity index (χ1v) is 7.24. The summed E-state index contributed by atoms with van der Waals surface area (Å²) in [5, 5.41) is 10.6. The molecular formula is C15H21N3O3. The first-order valence-electron chi connectivity index (χ1n) is 7.24. The standard InChI is InChI=1S/C15H21N3O3/c1-11(16)13-6-8-17(9-7-13)15(19)10-12-2-4-14(5-3-12)18(20)21/h2-5,11,13H,6-10,16H2,1H3. The lowest BCUT2D eigenvalue weighted by Crippen LogP contribution is -2.43. The molecule has 1 amide bonds. The fraction of sp³-hybridized carbons (Fsp3) is 0.533. The highest BCUT2D eigenvalue weighted by atomic mass is 16.6. The van der Waals surface area contributed by atoms with Crippen LogP contribution in [0.25, 0.3) is 0 Å². The van der Waals surface area contributed by atoms with E-state index < -0.39 is 4.92 Å². The molecule has 6 heteroatoms. The van der Waals surface area contributed by atoms with Gasteiger partial charge in [-0.1, -0.05) is 12.1 Å². The fourth-order valence-electron chi connectivity index (χ4n) is 2.70. The number of nitrogens with two attached hydrogens (primary N) is 1. The van der Waals surface area contributed by atoms with Gasteiger partial charge in [0, 0.05) is 31.3 Å². The Balaban J connectivity index is 1.89. The maximum Gasteiger partial charge on any atom is 0.269 e. The Morgan fingerprint density at radius 1 is 1.38 bits per heavy atom. The lowest BCUT2D eigenvalue weighted by atomic mass is 9.91. The number of rotatable bonds is 4. The van der Waals surface area contributed by atoms with Gasteiger partial charge < -0.3 is 10.6 Å². The van der Waals surface area contributed by atoms with Crippen molar-refractivity contribution in [2.24, 2.45) is 11.7 Å².